The lowest BCUT2D eigenvalue weighted by atomic mass is 10.2. The van der Waals surface area contributed by atoms with Crippen molar-refractivity contribution in [2.24, 2.45) is 0 Å². The normalized spacial score (nSPS) is 10.2. The van der Waals surface area contributed by atoms with E-state index in [4.69, 9.17) is 0 Å². The van der Waals surface area contributed by atoms with Crippen molar-refractivity contribution < 1.29 is 4.79 Å². The number of amides is 2. The number of carbonyl (C=O) groups is 1. The van der Waals surface area contributed by atoms with Crippen LogP contribution in [-0.4, -0.2) is 19.1 Å². The lowest BCUT2D eigenvalue weighted by Crippen LogP contribution is -2.40. The lowest BCUT2D eigenvalue weighted by molar-refractivity contribution is 0.245. The van der Waals surface area contributed by atoms with Crippen LogP contribution in [0.3, 0.4) is 0 Å². The molecule has 0 saturated heterocycles. The van der Waals surface area contributed by atoms with Gasteiger partial charge < -0.3 is 5.32 Å². The van der Waals surface area contributed by atoms with Crippen LogP contribution < -0.4 is 10.2 Å². The summed E-state index contributed by atoms with van der Waals surface area (Å²) in [5.74, 6) is 0. The van der Waals surface area contributed by atoms with Crippen LogP contribution in [0.15, 0.2) is 24.3 Å². The fourth-order valence-electron chi connectivity index (χ4n) is 1.30. The van der Waals surface area contributed by atoms with Crippen LogP contribution in [0.25, 0.3) is 0 Å². The minimum atomic E-state index is -0.0735. The fourth-order valence-corrected chi connectivity index (χ4v) is 1.30. The molecule has 0 spiro atoms. The van der Waals surface area contributed by atoms with Crippen molar-refractivity contribution in [3.8, 4) is 0 Å². The first-order valence-electron chi connectivity index (χ1n) is 5.11. The fraction of sp³-hybridized carbons (Fsp3) is 0.417. The maximum atomic E-state index is 11.7. The molecule has 0 atom stereocenters. The molecule has 3 heteroatoms. The highest BCUT2D eigenvalue weighted by Crippen LogP contribution is 2.14. The van der Waals surface area contributed by atoms with Crippen molar-refractivity contribution in [1.82, 2.24) is 5.32 Å². The molecule has 0 aliphatic carbocycles. The topological polar surface area (TPSA) is 32.3 Å². The Balaban J connectivity index is 2.76. The molecule has 3 nitrogen and oxygen atoms in total. The molecular weight excluding hydrogens is 188 g/mol. The molecule has 0 heterocycles. The maximum absolute atomic E-state index is 11.7. The van der Waals surface area contributed by atoms with E-state index in [0.29, 0.717) is 0 Å². The molecule has 82 valence electrons. The van der Waals surface area contributed by atoms with E-state index in [1.165, 1.54) is 0 Å². The zero-order valence-corrected chi connectivity index (χ0v) is 9.74. The highest BCUT2D eigenvalue weighted by molar-refractivity contribution is 5.91. The van der Waals surface area contributed by atoms with Gasteiger partial charge in [-0.25, -0.2) is 4.79 Å². The van der Waals surface area contributed by atoms with Crippen molar-refractivity contribution in [1.29, 1.82) is 0 Å². The quantitative estimate of drug-likeness (QED) is 0.792. The zero-order valence-electron chi connectivity index (χ0n) is 9.74. The van der Waals surface area contributed by atoms with Gasteiger partial charge in [0.2, 0.25) is 0 Å². The first-order valence-corrected chi connectivity index (χ1v) is 5.11. The van der Waals surface area contributed by atoms with E-state index >= 15 is 0 Å². The number of aryl methyl sites for hydroxylation is 1. The van der Waals surface area contributed by atoms with Crippen molar-refractivity contribution in [3.05, 3.63) is 29.8 Å². The highest BCUT2D eigenvalue weighted by Gasteiger charge is 2.10. The van der Waals surface area contributed by atoms with Crippen LogP contribution in [0.4, 0.5) is 10.5 Å². The molecule has 1 aromatic rings. The molecule has 0 aliphatic rings. The second-order valence-corrected chi connectivity index (χ2v) is 4.00. The number of urea groups is 1. The van der Waals surface area contributed by atoms with Crippen LogP contribution in [0.5, 0.6) is 0 Å². The Morgan fingerprint density at radius 1 is 1.40 bits per heavy atom. The molecule has 0 bridgehead atoms. The van der Waals surface area contributed by atoms with Crippen molar-refractivity contribution in [3.63, 3.8) is 0 Å². The average Bonchev–Trinajstić information content (AvgIpc) is 2.15. The molecule has 0 fully saturated rings. The molecule has 0 radical (unpaired) electrons. The van der Waals surface area contributed by atoms with E-state index in [1.807, 2.05) is 45.0 Å². The number of carbonyl (C=O) groups excluding carboxylic acids is 1. The van der Waals surface area contributed by atoms with E-state index in [-0.39, 0.29) is 12.1 Å². The molecule has 0 aliphatic heterocycles. The first-order chi connectivity index (χ1) is 7.00. The van der Waals surface area contributed by atoms with Crippen LogP contribution in [0.2, 0.25) is 0 Å². The molecule has 1 aromatic carbocycles. The van der Waals surface area contributed by atoms with Crippen LogP contribution in [0.1, 0.15) is 19.4 Å². The van der Waals surface area contributed by atoms with E-state index in [2.05, 4.69) is 5.32 Å². The number of nitrogens with zero attached hydrogens (tertiary/aromatic N) is 1. The number of hydrogen-bond acceptors (Lipinski definition) is 1. The van der Waals surface area contributed by atoms with E-state index < -0.39 is 0 Å². The van der Waals surface area contributed by atoms with Gasteiger partial charge >= 0.3 is 6.03 Å². The van der Waals surface area contributed by atoms with Gasteiger partial charge in [-0.05, 0) is 38.5 Å². The Morgan fingerprint density at radius 3 is 2.60 bits per heavy atom. The Kier molecular flexibility index (Phi) is 3.72. The maximum Gasteiger partial charge on any atom is 0.321 e. The summed E-state index contributed by atoms with van der Waals surface area (Å²) in [6, 6.07) is 7.95. The Hall–Kier alpha value is -1.51. The SMILES string of the molecule is Cc1cccc(N(C)C(=O)NC(C)C)c1. The molecule has 1 rings (SSSR count). The van der Waals surface area contributed by atoms with Gasteiger partial charge in [-0.2, -0.15) is 0 Å². The van der Waals surface area contributed by atoms with E-state index in [0.717, 1.165) is 11.3 Å². The average molecular weight is 206 g/mol. The van der Waals surface area contributed by atoms with Gasteiger partial charge in [-0.15, -0.1) is 0 Å². The third-order valence-corrected chi connectivity index (χ3v) is 2.11. The smallest absolute Gasteiger partial charge is 0.321 e. The summed E-state index contributed by atoms with van der Waals surface area (Å²) >= 11 is 0. The number of nitrogens with one attached hydrogen (secondary N) is 1. The molecule has 15 heavy (non-hydrogen) atoms. The van der Waals surface area contributed by atoms with Gasteiger partial charge in [0.05, 0.1) is 0 Å². The molecular formula is C12H18N2O. The number of benzene rings is 1. The summed E-state index contributed by atoms with van der Waals surface area (Å²) in [5.41, 5.74) is 2.06. The molecule has 2 amide bonds. The standard InChI is InChI=1S/C12H18N2O/c1-9(2)13-12(15)14(4)11-7-5-6-10(3)8-11/h5-9H,1-4H3,(H,13,15). The summed E-state index contributed by atoms with van der Waals surface area (Å²) in [7, 11) is 1.77. The minimum Gasteiger partial charge on any atom is -0.336 e. The zero-order chi connectivity index (χ0) is 11.4. The summed E-state index contributed by atoms with van der Waals surface area (Å²) in [6.07, 6.45) is 0. The van der Waals surface area contributed by atoms with Gasteiger partial charge in [0.25, 0.3) is 0 Å². The van der Waals surface area contributed by atoms with E-state index in [9.17, 15) is 4.79 Å². The van der Waals surface area contributed by atoms with Gasteiger partial charge in [0, 0.05) is 18.8 Å². The van der Waals surface area contributed by atoms with Crippen LogP contribution in [0, 0.1) is 6.92 Å². The second kappa shape index (κ2) is 4.82. The third-order valence-electron chi connectivity index (χ3n) is 2.11. The number of anilines is 1. The van der Waals surface area contributed by atoms with Gasteiger partial charge in [0.1, 0.15) is 0 Å². The van der Waals surface area contributed by atoms with Crippen molar-refractivity contribution >= 4 is 11.7 Å². The largest absolute Gasteiger partial charge is 0.336 e. The van der Waals surface area contributed by atoms with Gasteiger partial charge in [0.15, 0.2) is 0 Å². The van der Waals surface area contributed by atoms with Crippen molar-refractivity contribution in [2.75, 3.05) is 11.9 Å². The Morgan fingerprint density at radius 2 is 2.07 bits per heavy atom. The predicted octanol–water partition coefficient (Wildman–Crippen LogP) is 2.55. The second-order valence-electron chi connectivity index (χ2n) is 4.00. The van der Waals surface area contributed by atoms with Gasteiger partial charge in [-0.1, -0.05) is 12.1 Å². The van der Waals surface area contributed by atoms with Crippen LogP contribution in [-0.2, 0) is 0 Å². The number of rotatable bonds is 2. The van der Waals surface area contributed by atoms with E-state index in [1.54, 1.807) is 11.9 Å². The Bertz CT molecular complexity index is 347. The highest BCUT2D eigenvalue weighted by atomic mass is 16.2. The molecule has 1 N–H and O–H groups in total. The lowest BCUT2D eigenvalue weighted by Gasteiger charge is -2.20. The van der Waals surface area contributed by atoms with Gasteiger partial charge in [-0.3, -0.25) is 4.90 Å². The van der Waals surface area contributed by atoms with Crippen molar-refractivity contribution in [2.45, 2.75) is 26.8 Å². The molecule has 0 aromatic heterocycles. The monoisotopic (exact) mass is 206 g/mol. The Labute approximate surface area is 91.1 Å². The van der Waals surface area contributed by atoms with Crippen LogP contribution >= 0.6 is 0 Å². The predicted molar refractivity (Wildman–Crippen MR) is 63.2 cm³/mol. The summed E-state index contributed by atoms with van der Waals surface area (Å²) in [6.45, 7) is 5.90. The molecule has 0 unspecified atom stereocenters. The third kappa shape index (κ3) is 3.27. The summed E-state index contributed by atoms with van der Waals surface area (Å²) in [5, 5.41) is 2.85. The minimum absolute atomic E-state index is 0.0735. The molecule has 0 saturated carbocycles. The number of hydrogen-bond donors (Lipinski definition) is 1. The summed E-state index contributed by atoms with van der Waals surface area (Å²) in [4.78, 5) is 13.3. The first kappa shape index (κ1) is 11.6. The summed E-state index contributed by atoms with van der Waals surface area (Å²) < 4.78 is 0.